The number of rotatable bonds is 4. The van der Waals surface area contributed by atoms with Crippen LogP contribution in [0, 0.1) is 0 Å². The van der Waals surface area contributed by atoms with Crippen LogP contribution in [-0.2, 0) is 9.84 Å². The fourth-order valence-corrected chi connectivity index (χ4v) is 3.22. The summed E-state index contributed by atoms with van der Waals surface area (Å²) in [4.78, 5) is 17.8. The highest BCUT2D eigenvalue weighted by atomic mass is 35.5. The molecule has 0 saturated carbocycles. The number of hydrogen-bond acceptors (Lipinski definition) is 5. The predicted octanol–water partition coefficient (Wildman–Crippen LogP) is 2.42. The zero-order valence-electron chi connectivity index (χ0n) is 12.8. The van der Waals surface area contributed by atoms with Crippen LogP contribution in [0.15, 0.2) is 41.4 Å². The lowest BCUT2D eigenvalue weighted by atomic mass is 10.2. The molecule has 0 aliphatic rings. The molecule has 2 aromatic rings. The summed E-state index contributed by atoms with van der Waals surface area (Å²) in [6.45, 7) is 0. The van der Waals surface area contributed by atoms with Crippen molar-refractivity contribution in [3.8, 4) is 5.88 Å². The van der Waals surface area contributed by atoms with Crippen molar-refractivity contribution in [2.24, 2.45) is 0 Å². The Morgan fingerprint density at radius 3 is 2.48 bits per heavy atom. The molecule has 0 spiro atoms. The number of pyridine rings is 1. The van der Waals surface area contributed by atoms with E-state index in [0.717, 1.165) is 6.26 Å². The third kappa shape index (κ3) is 3.80. The summed E-state index contributed by atoms with van der Waals surface area (Å²) in [5.41, 5.74) is 0.764. The van der Waals surface area contributed by atoms with Crippen LogP contribution < -0.4 is 9.64 Å². The molecule has 0 atom stereocenters. The molecule has 0 radical (unpaired) electrons. The van der Waals surface area contributed by atoms with Gasteiger partial charge in [0.1, 0.15) is 0 Å². The van der Waals surface area contributed by atoms with Gasteiger partial charge in [0.05, 0.1) is 28.9 Å². The van der Waals surface area contributed by atoms with Crippen LogP contribution in [0.2, 0.25) is 5.02 Å². The van der Waals surface area contributed by atoms with E-state index >= 15 is 0 Å². The second kappa shape index (κ2) is 6.55. The Morgan fingerprint density at radius 2 is 1.96 bits per heavy atom. The van der Waals surface area contributed by atoms with E-state index in [1.165, 1.54) is 36.4 Å². The molecule has 1 aromatic heterocycles. The van der Waals surface area contributed by atoms with Crippen LogP contribution in [0.3, 0.4) is 0 Å². The molecule has 122 valence electrons. The molecular weight excluding hydrogens is 340 g/mol. The molecule has 0 aliphatic carbocycles. The molecule has 0 saturated heterocycles. The first-order valence-corrected chi connectivity index (χ1v) is 8.78. The first-order chi connectivity index (χ1) is 10.7. The largest absolute Gasteiger partial charge is 0.481 e. The molecule has 0 N–H and O–H groups in total. The van der Waals surface area contributed by atoms with Crippen LogP contribution in [-0.4, -0.2) is 39.7 Å². The van der Waals surface area contributed by atoms with Crippen LogP contribution in [0.1, 0.15) is 10.4 Å². The highest BCUT2D eigenvalue weighted by molar-refractivity contribution is 7.90. The van der Waals surface area contributed by atoms with Crippen molar-refractivity contribution in [1.29, 1.82) is 0 Å². The van der Waals surface area contributed by atoms with Crippen molar-refractivity contribution in [1.82, 2.24) is 4.98 Å². The van der Waals surface area contributed by atoms with E-state index in [9.17, 15) is 13.2 Å². The van der Waals surface area contributed by atoms with Crippen LogP contribution in [0.5, 0.6) is 5.88 Å². The van der Waals surface area contributed by atoms with Crippen LogP contribution in [0.25, 0.3) is 0 Å². The Bertz CT molecular complexity index is 835. The lowest BCUT2D eigenvalue weighted by molar-refractivity contribution is 0.0992. The minimum absolute atomic E-state index is 0.0775. The van der Waals surface area contributed by atoms with E-state index in [4.69, 9.17) is 16.3 Å². The average Bonchev–Trinajstić information content (AvgIpc) is 2.53. The lowest BCUT2D eigenvalue weighted by Gasteiger charge is -2.17. The first kappa shape index (κ1) is 17.2. The van der Waals surface area contributed by atoms with Gasteiger partial charge in [-0.2, -0.15) is 0 Å². The van der Waals surface area contributed by atoms with E-state index in [2.05, 4.69) is 4.98 Å². The number of carbonyl (C=O) groups is 1. The maximum atomic E-state index is 12.5. The highest BCUT2D eigenvalue weighted by Gasteiger charge is 2.19. The van der Waals surface area contributed by atoms with Gasteiger partial charge < -0.3 is 9.64 Å². The number of hydrogen-bond donors (Lipinski definition) is 0. The average molecular weight is 355 g/mol. The number of anilines is 1. The number of amides is 1. The summed E-state index contributed by atoms with van der Waals surface area (Å²) in [5.74, 6) is 0.0546. The van der Waals surface area contributed by atoms with Gasteiger partial charge in [0.2, 0.25) is 5.88 Å². The number of methoxy groups -OCH3 is 1. The molecule has 23 heavy (non-hydrogen) atoms. The Labute approximate surface area is 139 Å². The van der Waals surface area contributed by atoms with Crippen LogP contribution >= 0.6 is 11.6 Å². The summed E-state index contributed by atoms with van der Waals surface area (Å²) in [7, 11) is -0.453. The number of halogens is 1. The van der Waals surface area contributed by atoms with Gasteiger partial charge in [0, 0.05) is 24.9 Å². The van der Waals surface area contributed by atoms with Crippen molar-refractivity contribution >= 4 is 33.0 Å². The Morgan fingerprint density at radius 1 is 1.26 bits per heavy atom. The molecule has 2 rings (SSSR count). The molecule has 1 aromatic carbocycles. The monoisotopic (exact) mass is 354 g/mol. The smallest absolute Gasteiger partial charge is 0.258 e. The maximum Gasteiger partial charge on any atom is 0.258 e. The van der Waals surface area contributed by atoms with E-state index in [-0.39, 0.29) is 21.4 Å². The summed E-state index contributed by atoms with van der Waals surface area (Å²) in [6, 6.07) is 7.45. The zero-order chi connectivity index (χ0) is 17.2. The summed E-state index contributed by atoms with van der Waals surface area (Å²) in [6.07, 6.45) is 2.53. The van der Waals surface area contributed by atoms with E-state index in [1.54, 1.807) is 19.2 Å². The number of benzene rings is 1. The van der Waals surface area contributed by atoms with Gasteiger partial charge >= 0.3 is 0 Å². The number of aromatic nitrogens is 1. The number of ether oxygens (including phenoxy) is 1. The summed E-state index contributed by atoms with van der Waals surface area (Å²) < 4.78 is 28.4. The molecule has 0 fully saturated rings. The standard InChI is InChI=1S/C15H15ClN2O4S/c1-18(11-5-7-14(22-2)17-9-11)15(19)10-4-6-12(16)13(8-10)23(3,20)21/h4-9H,1-3H3. The summed E-state index contributed by atoms with van der Waals surface area (Å²) in [5, 5.41) is 0.0813. The van der Waals surface area contributed by atoms with Gasteiger partial charge in [-0.25, -0.2) is 13.4 Å². The van der Waals surface area contributed by atoms with Gasteiger partial charge in [-0.15, -0.1) is 0 Å². The predicted molar refractivity (Wildman–Crippen MR) is 88.1 cm³/mol. The first-order valence-electron chi connectivity index (χ1n) is 6.51. The highest BCUT2D eigenvalue weighted by Crippen LogP contribution is 2.24. The Balaban J connectivity index is 2.36. The van der Waals surface area contributed by atoms with Gasteiger partial charge in [0.15, 0.2) is 9.84 Å². The van der Waals surface area contributed by atoms with Crippen molar-refractivity contribution in [3.63, 3.8) is 0 Å². The van der Waals surface area contributed by atoms with Gasteiger partial charge in [-0.1, -0.05) is 11.6 Å². The van der Waals surface area contributed by atoms with Gasteiger partial charge in [-0.05, 0) is 24.3 Å². The molecule has 0 aliphatic heterocycles. The number of sulfone groups is 1. The Hall–Kier alpha value is -2.12. The zero-order valence-corrected chi connectivity index (χ0v) is 14.4. The lowest BCUT2D eigenvalue weighted by Crippen LogP contribution is -2.26. The molecule has 1 heterocycles. The second-order valence-corrected chi connectivity index (χ2v) is 7.23. The second-order valence-electron chi connectivity index (χ2n) is 4.84. The SMILES string of the molecule is COc1ccc(N(C)C(=O)c2ccc(Cl)c(S(C)(=O)=O)c2)cn1. The number of carbonyl (C=O) groups excluding carboxylic acids is 1. The van der Waals surface area contributed by atoms with Crippen molar-refractivity contribution in [2.75, 3.05) is 25.3 Å². The van der Waals surface area contributed by atoms with Gasteiger partial charge in [-0.3, -0.25) is 4.79 Å². The van der Waals surface area contributed by atoms with Crippen molar-refractivity contribution in [3.05, 3.63) is 47.1 Å². The van der Waals surface area contributed by atoms with Crippen molar-refractivity contribution < 1.29 is 17.9 Å². The molecule has 1 amide bonds. The Kier molecular flexibility index (Phi) is 4.91. The van der Waals surface area contributed by atoms with Gasteiger partial charge in [0.25, 0.3) is 5.91 Å². The number of nitrogens with zero attached hydrogens (tertiary/aromatic N) is 2. The van der Waals surface area contributed by atoms with Crippen molar-refractivity contribution in [2.45, 2.75) is 4.90 Å². The maximum absolute atomic E-state index is 12.5. The third-order valence-electron chi connectivity index (χ3n) is 3.20. The minimum Gasteiger partial charge on any atom is -0.481 e. The molecule has 0 unspecified atom stereocenters. The van der Waals surface area contributed by atoms with E-state index in [1.807, 2.05) is 0 Å². The summed E-state index contributed by atoms with van der Waals surface area (Å²) >= 11 is 5.89. The fraction of sp³-hybridized carbons (Fsp3) is 0.200. The molecule has 6 nitrogen and oxygen atoms in total. The van der Waals surface area contributed by atoms with E-state index < -0.39 is 9.84 Å². The minimum atomic E-state index is -3.52. The molecule has 8 heteroatoms. The quantitative estimate of drug-likeness (QED) is 0.842. The molecular formula is C15H15ClN2O4S. The fourth-order valence-electron chi connectivity index (χ4n) is 1.92. The third-order valence-corrected chi connectivity index (χ3v) is 4.78. The molecule has 0 bridgehead atoms. The normalized spacial score (nSPS) is 11.1. The van der Waals surface area contributed by atoms with Crippen LogP contribution in [0.4, 0.5) is 5.69 Å². The topological polar surface area (TPSA) is 76.6 Å². The van der Waals surface area contributed by atoms with E-state index in [0.29, 0.717) is 11.6 Å².